The maximum absolute atomic E-state index is 12.8. The molecule has 0 spiro atoms. The molecule has 2 rings (SSSR count). The molecule has 8 heteroatoms. The van der Waals surface area contributed by atoms with Gasteiger partial charge in [0.1, 0.15) is 5.54 Å². The van der Waals surface area contributed by atoms with Crippen molar-refractivity contribution >= 4 is 21.9 Å². The number of nitrogens with zero attached hydrogens (tertiary/aromatic N) is 2. The molecule has 1 atom stereocenters. The maximum Gasteiger partial charge on any atom is 0.329 e. The number of rotatable bonds is 6. The van der Waals surface area contributed by atoms with E-state index in [0.29, 0.717) is 32.5 Å². The molecule has 1 saturated heterocycles. The highest BCUT2D eigenvalue weighted by Gasteiger charge is 2.46. The van der Waals surface area contributed by atoms with Gasteiger partial charge < -0.3 is 10.0 Å². The summed E-state index contributed by atoms with van der Waals surface area (Å²) in [5.74, 6) is -1.51. The lowest BCUT2D eigenvalue weighted by Crippen LogP contribution is -2.50. The fourth-order valence-corrected chi connectivity index (χ4v) is 4.67. The zero-order chi connectivity index (χ0) is 18.8. The number of amides is 1. The fraction of sp³-hybridized carbons (Fsp3) is 0.529. The Hall–Kier alpha value is -1.93. The van der Waals surface area contributed by atoms with Gasteiger partial charge in [-0.3, -0.25) is 4.79 Å². The Labute approximate surface area is 148 Å². The van der Waals surface area contributed by atoms with Crippen LogP contribution in [0.4, 0.5) is 0 Å². The second kappa shape index (κ2) is 7.13. The van der Waals surface area contributed by atoms with Crippen LogP contribution in [0.25, 0.3) is 0 Å². The van der Waals surface area contributed by atoms with Crippen LogP contribution in [-0.4, -0.2) is 59.8 Å². The summed E-state index contributed by atoms with van der Waals surface area (Å²) in [5.41, 5.74) is -1.08. The highest BCUT2D eigenvalue weighted by atomic mass is 32.2. The quantitative estimate of drug-likeness (QED) is 0.826. The first-order chi connectivity index (χ1) is 11.7. The van der Waals surface area contributed by atoms with E-state index in [-0.39, 0.29) is 10.5 Å². The number of hydrogen-bond acceptors (Lipinski definition) is 4. The smallest absolute Gasteiger partial charge is 0.329 e. The summed E-state index contributed by atoms with van der Waals surface area (Å²) in [7, 11) is -3.68. The van der Waals surface area contributed by atoms with Gasteiger partial charge in [0, 0.05) is 25.2 Å². The van der Waals surface area contributed by atoms with E-state index in [4.69, 9.17) is 0 Å². The highest BCUT2D eigenvalue weighted by molar-refractivity contribution is 7.89. The maximum atomic E-state index is 12.8. The van der Waals surface area contributed by atoms with Gasteiger partial charge in [-0.05, 0) is 38.0 Å². The topological polar surface area (TPSA) is 95.0 Å². The van der Waals surface area contributed by atoms with Crippen LogP contribution in [-0.2, 0) is 14.8 Å². The first-order valence-electron chi connectivity index (χ1n) is 8.34. The molecule has 0 radical (unpaired) electrons. The molecule has 1 heterocycles. The van der Waals surface area contributed by atoms with Crippen molar-refractivity contribution in [2.24, 2.45) is 0 Å². The van der Waals surface area contributed by atoms with Gasteiger partial charge >= 0.3 is 5.97 Å². The van der Waals surface area contributed by atoms with Gasteiger partial charge in [0.15, 0.2) is 0 Å². The average molecular weight is 368 g/mol. The monoisotopic (exact) mass is 368 g/mol. The molecule has 0 bridgehead atoms. The fourth-order valence-electron chi connectivity index (χ4n) is 3.17. The molecule has 0 aliphatic carbocycles. The Balaban J connectivity index is 2.39. The van der Waals surface area contributed by atoms with Crippen LogP contribution in [0.3, 0.4) is 0 Å². The Morgan fingerprint density at radius 2 is 1.92 bits per heavy atom. The van der Waals surface area contributed by atoms with Crippen molar-refractivity contribution in [1.82, 2.24) is 9.21 Å². The lowest BCUT2D eigenvalue weighted by molar-refractivity contribution is -0.147. The van der Waals surface area contributed by atoms with E-state index >= 15 is 0 Å². The third-order valence-electron chi connectivity index (χ3n) is 4.77. The van der Waals surface area contributed by atoms with Crippen LogP contribution in [0.2, 0.25) is 0 Å². The number of hydrogen-bond donors (Lipinski definition) is 1. The Morgan fingerprint density at radius 1 is 1.28 bits per heavy atom. The molecule has 1 N–H and O–H groups in total. The lowest BCUT2D eigenvalue weighted by Gasteiger charge is -2.31. The van der Waals surface area contributed by atoms with Gasteiger partial charge in [-0.2, -0.15) is 4.31 Å². The Bertz CT molecular complexity index is 773. The summed E-state index contributed by atoms with van der Waals surface area (Å²) in [6, 6.07) is 5.81. The van der Waals surface area contributed by atoms with E-state index in [9.17, 15) is 23.1 Å². The first kappa shape index (κ1) is 19.4. The molecule has 1 aromatic carbocycles. The van der Waals surface area contributed by atoms with Crippen molar-refractivity contribution in [3.63, 3.8) is 0 Å². The molecule has 1 fully saturated rings. The number of aliphatic carboxylic acids is 1. The molecule has 0 saturated carbocycles. The summed E-state index contributed by atoms with van der Waals surface area (Å²) in [6.07, 6.45) is 0.984. The van der Waals surface area contributed by atoms with Crippen LogP contribution in [0.1, 0.15) is 44.0 Å². The normalized spacial score (nSPS) is 20.9. The minimum Gasteiger partial charge on any atom is -0.480 e. The summed E-state index contributed by atoms with van der Waals surface area (Å²) >= 11 is 0. The molecular weight excluding hydrogens is 344 g/mol. The zero-order valence-electron chi connectivity index (χ0n) is 14.7. The molecule has 25 heavy (non-hydrogen) atoms. The van der Waals surface area contributed by atoms with Gasteiger partial charge in [-0.25, -0.2) is 13.2 Å². The summed E-state index contributed by atoms with van der Waals surface area (Å²) in [5, 5.41) is 9.46. The van der Waals surface area contributed by atoms with Crippen molar-refractivity contribution < 1.29 is 23.1 Å². The second-order valence-electron chi connectivity index (χ2n) is 6.26. The third kappa shape index (κ3) is 3.41. The average Bonchev–Trinajstić information content (AvgIpc) is 2.98. The zero-order valence-corrected chi connectivity index (χ0v) is 15.5. The third-order valence-corrected chi connectivity index (χ3v) is 6.82. The molecule has 1 unspecified atom stereocenters. The van der Waals surface area contributed by atoms with E-state index in [1.807, 2.05) is 0 Å². The standard InChI is InChI=1S/C17H24N2O5S/c1-4-18(5-2)25(23,24)14-9-6-8-13(12-14)15(20)19-11-7-10-17(19,3)16(21)22/h6,8-9,12H,4-5,7,10-11H2,1-3H3,(H,21,22). The molecule has 0 aromatic heterocycles. The number of benzene rings is 1. The van der Waals surface area contributed by atoms with Gasteiger partial charge in [0.05, 0.1) is 4.90 Å². The summed E-state index contributed by atoms with van der Waals surface area (Å²) < 4.78 is 26.6. The minimum absolute atomic E-state index is 0.0401. The largest absolute Gasteiger partial charge is 0.480 e. The number of carbonyl (C=O) groups is 2. The highest BCUT2D eigenvalue weighted by Crippen LogP contribution is 2.31. The van der Waals surface area contributed by atoms with Crippen LogP contribution in [0, 0.1) is 0 Å². The van der Waals surface area contributed by atoms with Crippen molar-refractivity contribution in [3.8, 4) is 0 Å². The van der Waals surface area contributed by atoms with Crippen LogP contribution in [0.5, 0.6) is 0 Å². The van der Waals surface area contributed by atoms with Crippen LogP contribution < -0.4 is 0 Å². The first-order valence-corrected chi connectivity index (χ1v) is 9.78. The number of carboxylic acid groups (broad SMARTS) is 1. The van der Waals surface area contributed by atoms with Crippen molar-refractivity contribution in [3.05, 3.63) is 29.8 Å². The van der Waals surface area contributed by atoms with Gasteiger partial charge in [0.2, 0.25) is 10.0 Å². The van der Waals surface area contributed by atoms with Crippen molar-refractivity contribution in [2.45, 2.75) is 44.0 Å². The number of likely N-dealkylation sites (tertiary alicyclic amines) is 1. The lowest BCUT2D eigenvalue weighted by atomic mass is 9.98. The van der Waals surface area contributed by atoms with Gasteiger partial charge in [-0.15, -0.1) is 0 Å². The van der Waals surface area contributed by atoms with E-state index in [2.05, 4.69) is 0 Å². The predicted molar refractivity (Wildman–Crippen MR) is 92.9 cm³/mol. The predicted octanol–water partition coefficient (Wildman–Crippen LogP) is 1.80. The van der Waals surface area contributed by atoms with E-state index in [1.54, 1.807) is 13.8 Å². The number of carboxylic acids is 1. The van der Waals surface area contributed by atoms with E-state index in [1.165, 1.54) is 40.4 Å². The molecule has 1 aromatic rings. The summed E-state index contributed by atoms with van der Waals surface area (Å²) in [6.45, 7) is 6.03. The van der Waals surface area contributed by atoms with Crippen LogP contribution >= 0.6 is 0 Å². The Kier molecular flexibility index (Phi) is 5.53. The van der Waals surface area contributed by atoms with Crippen LogP contribution in [0.15, 0.2) is 29.2 Å². The molecule has 1 aliphatic rings. The molecular formula is C17H24N2O5S. The van der Waals surface area contributed by atoms with Gasteiger partial charge in [-0.1, -0.05) is 19.9 Å². The summed E-state index contributed by atoms with van der Waals surface area (Å²) in [4.78, 5) is 25.7. The van der Waals surface area contributed by atoms with Crippen molar-refractivity contribution in [1.29, 1.82) is 0 Å². The molecule has 138 valence electrons. The minimum atomic E-state index is -3.68. The number of carbonyl (C=O) groups excluding carboxylic acids is 1. The molecule has 1 aliphatic heterocycles. The van der Waals surface area contributed by atoms with E-state index < -0.39 is 27.4 Å². The second-order valence-corrected chi connectivity index (χ2v) is 8.19. The van der Waals surface area contributed by atoms with Gasteiger partial charge in [0.25, 0.3) is 5.91 Å². The molecule has 7 nitrogen and oxygen atoms in total. The molecule has 1 amide bonds. The SMILES string of the molecule is CCN(CC)S(=O)(=O)c1cccc(C(=O)N2CCCC2(C)C(=O)O)c1. The Morgan fingerprint density at radius 3 is 2.48 bits per heavy atom. The number of sulfonamides is 1. The van der Waals surface area contributed by atoms with Crippen molar-refractivity contribution in [2.75, 3.05) is 19.6 Å². The van der Waals surface area contributed by atoms with E-state index in [0.717, 1.165) is 0 Å².